The molecule has 0 amide bonds. The lowest BCUT2D eigenvalue weighted by Gasteiger charge is -2.13. The third-order valence-corrected chi connectivity index (χ3v) is 5.39. The molecule has 0 fully saturated rings. The summed E-state index contributed by atoms with van der Waals surface area (Å²) < 4.78 is 0. The van der Waals surface area contributed by atoms with E-state index in [-0.39, 0.29) is 0 Å². The molecule has 0 saturated heterocycles. The first kappa shape index (κ1) is 19.3. The van der Waals surface area contributed by atoms with Crippen molar-refractivity contribution in [2.45, 2.75) is 77.0 Å². The number of rotatable bonds is 13. The Morgan fingerprint density at radius 2 is 0.917 bits per heavy atom. The zero-order chi connectivity index (χ0) is 17.0. The first-order valence-corrected chi connectivity index (χ1v) is 10.3. The van der Waals surface area contributed by atoms with E-state index < -0.39 is 0 Å². The van der Waals surface area contributed by atoms with Crippen molar-refractivity contribution in [2.24, 2.45) is 9.98 Å². The molecule has 2 aliphatic heterocycles. The fourth-order valence-corrected chi connectivity index (χ4v) is 3.68. The lowest BCUT2D eigenvalue weighted by molar-refractivity contribution is 0.525. The number of nitrogens with zero attached hydrogens (tertiary/aromatic N) is 4. The van der Waals surface area contributed by atoms with E-state index in [2.05, 4.69) is 33.9 Å². The second-order valence-electron chi connectivity index (χ2n) is 7.47. The zero-order valence-electron chi connectivity index (χ0n) is 16.1. The largest absolute Gasteiger partial charge is 0.362 e. The van der Waals surface area contributed by atoms with Crippen LogP contribution in [0.3, 0.4) is 0 Å². The third kappa shape index (κ3) is 7.23. The molecule has 0 N–H and O–H groups in total. The van der Waals surface area contributed by atoms with Gasteiger partial charge in [0.05, 0.1) is 24.8 Å². The molecule has 2 rings (SSSR count). The van der Waals surface area contributed by atoms with Crippen LogP contribution in [-0.2, 0) is 0 Å². The molecule has 0 aromatic rings. The maximum atomic E-state index is 4.56. The lowest BCUT2D eigenvalue weighted by Crippen LogP contribution is -2.22. The Morgan fingerprint density at radius 1 is 0.583 bits per heavy atom. The predicted molar refractivity (Wildman–Crippen MR) is 105 cm³/mol. The Hall–Kier alpha value is -1.06. The van der Waals surface area contributed by atoms with Crippen LogP contribution in [0.15, 0.2) is 9.98 Å². The summed E-state index contributed by atoms with van der Waals surface area (Å²) in [7, 11) is 4.34. The molecule has 0 saturated carbocycles. The highest BCUT2D eigenvalue weighted by Gasteiger charge is 2.11. The van der Waals surface area contributed by atoms with Crippen molar-refractivity contribution >= 4 is 11.7 Å². The summed E-state index contributed by atoms with van der Waals surface area (Å²) in [5, 5.41) is 0. The van der Waals surface area contributed by atoms with E-state index in [1.54, 1.807) is 0 Å². The topological polar surface area (TPSA) is 31.2 Å². The van der Waals surface area contributed by atoms with Gasteiger partial charge in [-0.25, -0.2) is 0 Å². The summed E-state index contributed by atoms with van der Waals surface area (Å²) in [4.78, 5) is 13.8. The lowest BCUT2D eigenvalue weighted by atomic mass is 10.0. The Labute approximate surface area is 149 Å². The van der Waals surface area contributed by atoms with Gasteiger partial charge in [0.2, 0.25) is 0 Å². The van der Waals surface area contributed by atoms with Crippen molar-refractivity contribution in [3.05, 3.63) is 0 Å². The third-order valence-electron chi connectivity index (χ3n) is 5.39. The average Bonchev–Trinajstić information content (AvgIpc) is 3.17. The van der Waals surface area contributed by atoms with E-state index >= 15 is 0 Å². The molecule has 0 atom stereocenters. The summed E-state index contributed by atoms with van der Waals surface area (Å²) in [5.74, 6) is 2.68. The quantitative estimate of drug-likeness (QED) is 0.469. The Bertz CT molecular complexity index is 364. The van der Waals surface area contributed by atoms with Crippen LogP contribution in [0.1, 0.15) is 77.0 Å². The average molecular weight is 335 g/mol. The molecule has 2 heterocycles. The fraction of sp³-hybridized carbons (Fsp3) is 0.900. The number of amidine groups is 2. The summed E-state index contributed by atoms with van der Waals surface area (Å²) >= 11 is 0. The van der Waals surface area contributed by atoms with Gasteiger partial charge in [-0.3, -0.25) is 9.98 Å². The molecule has 0 bridgehead atoms. The standard InChI is InChI=1S/C20H38N4/c1-23-17-15-21-19(23)13-11-9-7-5-3-4-6-8-10-12-14-20-22-16-18-24(20)2/h3-18H2,1-2H3. The number of unbranched alkanes of at least 4 members (excludes halogenated alkanes) is 9. The summed E-state index contributed by atoms with van der Waals surface area (Å²) in [6.45, 7) is 4.27. The van der Waals surface area contributed by atoms with E-state index in [1.807, 2.05) is 0 Å². The molecule has 24 heavy (non-hydrogen) atoms. The zero-order valence-corrected chi connectivity index (χ0v) is 16.1. The minimum absolute atomic E-state index is 1.01. The molecule has 138 valence electrons. The van der Waals surface area contributed by atoms with Gasteiger partial charge in [-0.2, -0.15) is 0 Å². The molecule has 2 aliphatic rings. The summed E-state index contributed by atoms with van der Waals surface area (Å²) in [6.07, 6.45) is 16.3. The molecule has 0 aromatic heterocycles. The van der Waals surface area contributed by atoms with Gasteiger partial charge in [0, 0.05) is 40.0 Å². The van der Waals surface area contributed by atoms with Crippen LogP contribution in [-0.4, -0.2) is 61.7 Å². The van der Waals surface area contributed by atoms with Crippen molar-refractivity contribution in [3.8, 4) is 0 Å². The van der Waals surface area contributed by atoms with Crippen LogP contribution in [0.5, 0.6) is 0 Å². The molecule has 0 aliphatic carbocycles. The molecule has 0 unspecified atom stereocenters. The summed E-state index contributed by atoms with van der Waals surface area (Å²) in [6, 6.07) is 0. The van der Waals surface area contributed by atoms with Gasteiger partial charge in [-0.05, 0) is 12.8 Å². The van der Waals surface area contributed by atoms with Crippen molar-refractivity contribution < 1.29 is 0 Å². The van der Waals surface area contributed by atoms with Crippen LogP contribution in [0, 0.1) is 0 Å². The van der Waals surface area contributed by atoms with E-state index in [1.165, 1.54) is 88.7 Å². The first-order chi connectivity index (χ1) is 11.8. The van der Waals surface area contributed by atoms with Crippen LogP contribution in [0.4, 0.5) is 0 Å². The number of aliphatic imine (C=N–C) groups is 2. The van der Waals surface area contributed by atoms with Crippen molar-refractivity contribution in [1.82, 2.24) is 9.80 Å². The van der Waals surface area contributed by atoms with Gasteiger partial charge in [0.15, 0.2) is 0 Å². The number of likely N-dealkylation sites (N-methyl/N-ethyl adjacent to an activating group) is 2. The molecule has 0 radical (unpaired) electrons. The first-order valence-electron chi connectivity index (χ1n) is 10.3. The van der Waals surface area contributed by atoms with Gasteiger partial charge in [-0.15, -0.1) is 0 Å². The second-order valence-corrected chi connectivity index (χ2v) is 7.47. The van der Waals surface area contributed by atoms with Gasteiger partial charge in [0.1, 0.15) is 0 Å². The van der Waals surface area contributed by atoms with Gasteiger partial charge >= 0.3 is 0 Å². The minimum atomic E-state index is 1.01. The highest BCUT2D eigenvalue weighted by molar-refractivity contribution is 5.83. The van der Waals surface area contributed by atoms with Crippen LogP contribution < -0.4 is 0 Å². The number of hydrogen-bond acceptors (Lipinski definition) is 4. The molecule has 4 nitrogen and oxygen atoms in total. The Balaban J connectivity index is 1.30. The van der Waals surface area contributed by atoms with E-state index in [0.717, 1.165) is 26.2 Å². The molecule has 0 spiro atoms. The van der Waals surface area contributed by atoms with E-state index in [0.29, 0.717) is 0 Å². The van der Waals surface area contributed by atoms with Crippen molar-refractivity contribution in [3.63, 3.8) is 0 Å². The van der Waals surface area contributed by atoms with E-state index in [4.69, 9.17) is 0 Å². The van der Waals surface area contributed by atoms with Gasteiger partial charge in [-0.1, -0.05) is 51.4 Å². The SMILES string of the molecule is CN1CCN=C1CCCCCCCCCCCCC1=NCCN1C. The minimum Gasteiger partial charge on any atom is -0.362 e. The van der Waals surface area contributed by atoms with Gasteiger partial charge in [0.25, 0.3) is 0 Å². The monoisotopic (exact) mass is 334 g/mol. The fourth-order valence-electron chi connectivity index (χ4n) is 3.68. The van der Waals surface area contributed by atoms with Crippen molar-refractivity contribution in [2.75, 3.05) is 40.3 Å². The highest BCUT2D eigenvalue weighted by Crippen LogP contribution is 2.14. The summed E-state index contributed by atoms with van der Waals surface area (Å²) in [5.41, 5.74) is 0. The maximum Gasteiger partial charge on any atom is 0.0987 e. The highest BCUT2D eigenvalue weighted by atomic mass is 15.2. The van der Waals surface area contributed by atoms with Crippen molar-refractivity contribution in [1.29, 1.82) is 0 Å². The maximum absolute atomic E-state index is 4.56. The van der Waals surface area contributed by atoms with Crippen LogP contribution >= 0.6 is 0 Å². The van der Waals surface area contributed by atoms with Crippen LogP contribution in [0.2, 0.25) is 0 Å². The molecular weight excluding hydrogens is 296 g/mol. The molecular formula is C20H38N4. The smallest absolute Gasteiger partial charge is 0.0987 e. The molecule has 0 aromatic carbocycles. The molecule has 4 heteroatoms. The Morgan fingerprint density at radius 3 is 1.21 bits per heavy atom. The van der Waals surface area contributed by atoms with Gasteiger partial charge < -0.3 is 9.80 Å². The van der Waals surface area contributed by atoms with E-state index in [9.17, 15) is 0 Å². The van der Waals surface area contributed by atoms with Crippen LogP contribution in [0.25, 0.3) is 0 Å². The Kier molecular flexibility index (Phi) is 9.22. The predicted octanol–water partition coefficient (Wildman–Crippen LogP) is 4.36. The second kappa shape index (κ2) is 11.5. The number of hydrogen-bond donors (Lipinski definition) is 0. The normalized spacial score (nSPS) is 17.6.